The van der Waals surface area contributed by atoms with Gasteiger partial charge in [0.2, 0.25) is 0 Å². The third-order valence-corrected chi connectivity index (χ3v) is 3.18. The fourth-order valence-electron chi connectivity index (χ4n) is 1.43. The zero-order valence-corrected chi connectivity index (χ0v) is 11.3. The van der Waals surface area contributed by atoms with Gasteiger partial charge in [-0.2, -0.15) is 13.2 Å². The summed E-state index contributed by atoms with van der Waals surface area (Å²) in [6.45, 7) is 1.09. The van der Waals surface area contributed by atoms with Crippen molar-refractivity contribution in [3.63, 3.8) is 0 Å². The molecule has 2 N–H and O–H groups in total. The Balaban J connectivity index is 1.94. The fourth-order valence-corrected chi connectivity index (χ4v) is 2.07. The molecule has 1 heterocycles. The summed E-state index contributed by atoms with van der Waals surface area (Å²) in [7, 11) is 0. The molecule has 0 radical (unpaired) electrons. The van der Waals surface area contributed by atoms with Crippen LogP contribution >= 0.6 is 11.3 Å². The molecule has 7 heteroatoms. The summed E-state index contributed by atoms with van der Waals surface area (Å²) in [6, 6.07) is 3.86. The zero-order chi connectivity index (χ0) is 14.1. The molecule has 19 heavy (non-hydrogen) atoms. The van der Waals surface area contributed by atoms with Gasteiger partial charge >= 0.3 is 6.18 Å². The number of hydrogen-bond acceptors (Lipinski definition) is 4. The van der Waals surface area contributed by atoms with Crippen LogP contribution in [0, 0.1) is 0 Å². The van der Waals surface area contributed by atoms with Gasteiger partial charge in [0, 0.05) is 17.8 Å². The van der Waals surface area contributed by atoms with E-state index in [1.807, 2.05) is 17.5 Å². The average molecular weight is 297 g/mol. The SMILES string of the molecule is OC(CNCCCC(F)(F)F)COCc1cccs1. The first-order valence-corrected chi connectivity index (χ1v) is 6.91. The largest absolute Gasteiger partial charge is 0.389 e. The van der Waals surface area contributed by atoms with Crippen molar-refractivity contribution in [2.45, 2.75) is 31.7 Å². The summed E-state index contributed by atoms with van der Waals surface area (Å²) in [5, 5.41) is 14.2. The Kier molecular flexibility index (Phi) is 7.37. The molecule has 0 aromatic carbocycles. The van der Waals surface area contributed by atoms with Crippen molar-refractivity contribution in [3.8, 4) is 0 Å². The maximum Gasteiger partial charge on any atom is 0.389 e. The highest BCUT2D eigenvalue weighted by Crippen LogP contribution is 2.20. The second kappa shape index (κ2) is 8.52. The first-order chi connectivity index (χ1) is 8.97. The Morgan fingerprint density at radius 3 is 2.84 bits per heavy atom. The molecular weight excluding hydrogens is 279 g/mol. The molecule has 0 saturated carbocycles. The van der Waals surface area contributed by atoms with Crippen molar-refractivity contribution >= 4 is 11.3 Å². The smallest absolute Gasteiger partial charge is 0.389 e. The molecular formula is C12H18F3NO2S. The lowest BCUT2D eigenvalue weighted by atomic mass is 10.3. The number of aliphatic hydroxyl groups is 1. The van der Waals surface area contributed by atoms with E-state index < -0.39 is 18.7 Å². The van der Waals surface area contributed by atoms with Crippen LogP contribution in [0.5, 0.6) is 0 Å². The fraction of sp³-hybridized carbons (Fsp3) is 0.667. The van der Waals surface area contributed by atoms with Crippen molar-refractivity contribution in [2.24, 2.45) is 0 Å². The second-order valence-electron chi connectivity index (χ2n) is 4.17. The van der Waals surface area contributed by atoms with Gasteiger partial charge in [-0.05, 0) is 24.4 Å². The second-order valence-corrected chi connectivity index (χ2v) is 5.20. The highest BCUT2D eigenvalue weighted by Gasteiger charge is 2.25. The van der Waals surface area contributed by atoms with E-state index in [1.165, 1.54) is 0 Å². The van der Waals surface area contributed by atoms with Crippen LogP contribution in [0.3, 0.4) is 0 Å². The lowest BCUT2D eigenvalue weighted by Crippen LogP contribution is -2.31. The molecule has 0 saturated heterocycles. The maximum absolute atomic E-state index is 11.8. The minimum Gasteiger partial charge on any atom is -0.389 e. The van der Waals surface area contributed by atoms with E-state index >= 15 is 0 Å². The standard InChI is InChI=1S/C12H18F3NO2S/c13-12(14,15)4-2-5-16-7-10(17)8-18-9-11-3-1-6-19-11/h1,3,6,10,16-17H,2,4-5,7-9H2. The molecule has 0 amide bonds. The minimum absolute atomic E-state index is 0.0201. The number of thiophene rings is 1. The van der Waals surface area contributed by atoms with Gasteiger partial charge in [-0.3, -0.25) is 0 Å². The van der Waals surface area contributed by atoms with Crippen molar-refractivity contribution in [1.82, 2.24) is 5.32 Å². The highest BCUT2D eigenvalue weighted by atomic mass is 32.1. The Morgan fingerprint density at radius 1 is 1.42 bits per heavy atom. The van der Waals surface area contributed by atoms with Gasteiger partial charge in [-0.15, -0.1) is 11.3 Å². The van der Waals surface area contributed by atoms with Crippen LogP contribution < -0.4 is 5.32 Å². The molecule has 1 aromatic heterocycles. The van der Waals surface area contributed by atoms with Gasteiger partial charge < -0.3 is 15.2 Å². The first kappa shape index (κ1) is 16.4. The van der Waals surface area contributed by atoms with Crippen molar-refractivity contribution < 1.29 is 23.0 Å². The van der Waals surface area contributed by atoms with Crippen LogP contribution in [0.4, 0.5) is 13.2 Å². The van der Waals surface area contributed by atoms with Crippen molar-refractivity contribution in [2.75, 3.05) is 19.7 Å². The number of ether oxygens (including phenoxy) is 1. The van der Waals surface area contributed by atoms with Crippen LogP contribution in [0.25, 0.3) is 0 Å². The van der Waals surface area contributed by atoms with Gasteiger partial charge in [0.1, 0.15) is 0 Å². The van der Waals surface area contributed by atoms with Gasteiger partial charge in [-0.1, -0.05) is 6.07 Å². The number of alkyl halides is 3. The van der Waals surface area contributed by atoms with Gasteiger partial charge in [0.15, 0.2) is 0 Å². The first-order valence-electron chi connectivity index (χ1n) is 6.03. The van der Waals surface area contributed by atoms with Crippen LogP contribution in [0.2, 0.25) is 0 Å². The third kappa shape index (κ3) is 8.99. The third-order valence-electron chi connectivity index (χ3n) is 2.33. The van der Waals surface area contributed by atoms with Crippen LogP contribution in [0.1, 0.15) is 17.7 Å². The quantitative estimate of drug-likeness (QED) is 0.688. The number of halogens is 3. The number of rotatable bonds is 9. The molecule has 0 bridgehead atoms. The zero-order valence-electron chi connectivity index (χ0n) is 10.4. The number of aliphatic hydroxyl groups excluding tert-OH is 1. The highest BCUT2D eigenvalue weighted by molar-refractivity contribution is 7.09. The Bertz CT molecular complexity index is 330. The summed E-state index contributed by atoms with van der Waals surface area (Å²) >= 11 is 1.57. The molecule has 1 rings (SSSR count). The lowest BCUT2D eigenvalue weighted by Gasteiger charge is -2.12. The maximum atomic E-state index is 11.8. The van der Waals surface area contributed by atoms with E-state index in [2.05, 4.69) is 5.32 Å². The summed E-state index contributed by atoms with van der Waals surface area (Å²) < 4.78 is 40.8. The van der Waals surface area contributed by atoms with Crippen LogP contribution in [0.15, 0.2) is 17.5 Å². The van der Waals surface area contributed by atoms with E-state index in [9.17, 15) is 18.3 Å². The van der Waals surface area contributed by atoms with E-state index in [-0.39, 0.29) is 26.1 Å². The summed E-state index contributed by atoms with van der Waals surface area (Å²) in [5.41, 5.74) is 0. The predicted molar refractivity (Wildman–Crippen MR) is 68.1 cm³/mol. The normalized spacial score (nSPS) is 13.7. The average Bonchev–Trinajstić information content (AvgIpc) is 2.80. The lowest BCUT2D eigenvalue weighted by molar-refractivity contribution is -0.135. The Morgan fingerprint density at radius 2 is 2.21 bits per heavy atom. The molecule has 1 aromatic rings. The summed E-state index contributed by atoms with van der Waals surface area (Å²) in [4.78, 5) is 1.07. The molecule has 110 valence electrons. The summed E-state index contributed by atoms with van der Waals surface area (Å²) in [5.74, 6) is 0. The Labute approximate surface area is 114 Å². The molecule has 0 fully saturated rings. The minimum atomic E-state index is -4.11. The molecule has 0 aliphatic heterocycles. The molecule has 0 aliphatic carbocycles. The number of hydrogen-bond donors (Lipinski definition) is 2. The van der Waals surface area contributed by atoms with Gasteiger partial charge in [-0.25, -0.2) is 0 Å². The van der Waals surface area contributed by atoms with E-state index in [4.69, 9.17) is 4.74 Å². The van der Waals surface area contributed by atoms with Gasteiger partial charge in [0.05, 0.1) is 19.3 Å². The van der Waals surface area contributed by atoms with Crippen LogP contribution in [-0.2, 0) is 11.3 Å². The monoisotopic (exact) mass is 297 g/mol. The van der Waals surface area contributed by atoms with Crippen molar-refractivity contribution in [1.29, 1.82) is 0 Å². The number of nitrogens with one attached hydrogen (secondary N) is 1. The molecule has 1 atom stereocenters. The van der Waals surface area contributed by atoms with E-state index in [0.29, 0.717) is 6.61 Å². The summed E-state index contributed by atoms with van der Waals surface area (Å²) in [6.07, 6.45) is -5.59. The predicted octanol–water partition coefficient (Wildman–Crippen LogP) is 2.56. The molecule has 0 aliphatic rings. The van der Waals surface area contributed by atoms with Gasteiger partial charge in [0.25, 0.3) is 0 Å². The van der Waals surface area contributed by atoms with Crippen molar-refractivity contribution in [3.05, 3.63) is 22.4 Å². The molecule has 1 unspecified atom stereocenters. The molecule has 3 nitrogen and oxygen atoms in total. The van der Waals surface area contributed by atoms with E-state index in [0.717, 1.165) is 4.88 Å². The molecule has 0 spiro atoms. The van der Waals surface area contributed by atoms with E-state index in [1.54, 1.807) is 11.3 Å². The topological polar surface area (TPSA) is 41.5 Å². The Hall–Kier alpha value is -0.630. The van der Waals surface area contributed by atoms with Crippen LogP contribution in [-0.4, -0.2) is 37.1 Å².